The summed E-state index contributed by atoms with van der Waals surface area (Å²) in [5.41, 5.74) is 1.37. The van der Waals surface area contributed by atoms with Crippen LogP contribution in [0.4, 0.5) is 0 Å². The van der Waals surface area contributed by atoms with E-state index in [1.165, 1.54) is 15.6 Å². The first-order valence-corrected chi connectivity index (χ1v) is 6.23. The van der Waals surface area contributed by atoms with Crippen LogP contribution in [-0.2, 0) is 6.42 Å². The third-order valence-electron chi connectivity index (χ3n) is 2.11. The number of thiophene rings is 1. The molecule has 0 radical (unpaired) electrons. The molecule has 1 aromatic carbocycles. The summed E-state index contributed by atoms with van der Waals surface area (Å²) in [5.74, 6) is 0. The normalized spacial score (nSPS) is 11.0. The van der Waals surface area contributed by atoms with E-state index in [0.717, 1.165) is 15.8 Å². The van der Waals surface area contributed by atoms with Crippen LogP contribution in [0.5, 0.6) is 0 Å². The summed E-state index contributed by atoms with van der Waals surface area (Å²) in [6.07, 6.45) is 1.05. The summed E-state index contributed by atoms with van der Waals surface area (Å²) >= 11 is 9.80. The second-order valence-electron chi connectivity index (χ2n) is 2.88. The Hall–Kier alpha value is 0.01000. The third-order valence-corrected chi connectivity index (χ3v) is 4.66. The molecule has 0 saturated heterocycles. The van der Waals surface area contributed by atoms with Crippen molar-refractivity contribution < 1.29 is 0 Å². The van der Waals surface area contributed by atoms with Gasteiger partial charge in [-0.25, -0.2) is 0 Å². The van der Waals surface area contributed by atoms with Gasteiger partial charge in [-0.2, -0.15) is 0 Å². The van der Waals surface area contributed by atoms with E-state index in [1.807, 2.05) is 0 Å². The average molecular weight is 273 g/mol. The molecule has 0 amide bonds. The molecular formula is C10H9BrS2. The van der Waals surface area contributed by atoms with Crippen LogP contribution in [0.1, 0.15) is 12.5 Å². The lowest BCUT2D eigenvalue weighted by Crippen LogP contribution is -1.84. The molecule has 68 valence electrons. The molecule has 0 saturated carbocycles. The van der Waals surface area contributed by atoms with E-state index < -0.39 is 0 Å². The first-order valence-electron chi connectivity index (χ1n) is 4.11. The van der Waals surface area contributed by atoms with Crippen molar-refractivity contribution in [3.63, 3.8) is 0 Å². The average Bonchev–Trinajstić information content (AvgIpc) is 2.54. The fraction of sp³-hybridized carbons (Fsp3) is 0.200. The maximum absolute atomic E-state index is 4.43. The minimum absolute atomic E-state index is 1.03. The summed E-state index contributed by atoms with van der Waals surface area (Å²) in [7, 11) is 0. The van der Waals surface area contributed by atoms with Crippen LogP contribution < -0.4 is 0 Å². The summed E-state index contributed by atoms with van der Waals surface area (Å²) < 4.78 is 2.53. The highest BCUT2D eigenvalue weighted by Crippen LogP contribution is 2.35. The van der Waals surface area contributed by atoms with Gasteiger partial charge in [-0.1, -0.05) is 6.92 Å². The van der Waals surface area contributed by atoms with Crippen molar-refractivity contribution in [2.24, 2.45) is 0 Å². The van der Waals surface area contributed by atoms with Gasteiger partial charge in [-0.15, -0.1) is 24.0 Å². The van der Waals surface area contributed by atoms with E-state index in [1.54, 1.807) is 11.3 Å². The largest absolute Gasteiger partial charge is 0.143 e. The molecule has 0 fully saturated rings. The monoisotopic (exact) mass is 272 g/mol. The number of halogens is 1. The van der Waals surface area contributed by atoms with Crippen LogP contribution in [-0.4, -0.2) is 0 Å². The Balaban J connectivity index is 2.87. The predicted octanol–water partition coefficient (Wildman–Crippen LogP) is 4.51. The maximum Gasteiger partial charge on any atom is 0.0386 e. The highest BCUT2D eigenvalue weighted by Gasteiger charge is 2.08. The lowest BCUT2D eigenvalue weighted by atomic mass is 10.1. The number of benzene rings is 1. The molecule has 1 aromatic heterocycles. The van der Waals surface area contributed by atoms with Gasteiger partial charge >= 0.3 is 0 Å². The second-order valence-corrected chi connectivity index (χ2v) is 5.07. The molecule has 0 aliphatic heterocycles. The zero-order chi connectivity index (χ0) is 9.42. The van der Waals surface area contributed by atoms with Crippen LogP contribution in [0, 0.1) is 0 Å². The summed E-state index contributed by atoms with van der Waals surface area (Å²) in [6, 6.07) is 4.25. The number of hydrogen-bond donors (Lipinski definition) is 1. The molecule has 0 bridgehead atoms. The van der Waals surface area contributed by atoms with Crippen LogP contribution >= 0.6 is 39.9 Å². The van der Waals surface area contributed by atoms with E-state index in [-0.39, 0.29) is 0 Å². The van der Waals surface area contributed by atoms with Crippen molar-refractivity contribution in [3.05, 3.63) is 27.5 Å². The Bertz CT molecular complexity index is 445. The zero-order valence-electron chi connectivity index (χ0n) is 7.17. The van der Waals surface area contributed by atoms with Gasteiger partial charge in [0, 0.05) is 14.1 Å². The van der Waals surface area contributed by atoms with E-state index in [4.69, 9.17) is 0 Å². The van der Waals surface area contributed by atoms with Gasteiger partial charge in [-0.3, -0.25) is 0 Å². The highest BCUT2D eigenvalue weighted by molar-refractivity contribution is 9.10. The van der Waals surface area contributed by atoms with Gasteiger partial charge < -0.3 is 0 Å². The summed E-state index contributed by atoms with van der Waals surface area (Å²) in [4.78, 5) is 1.03. The first kappa shape index (κ1) is 9.56. The standard InChI is InChI=1S/C10H9BrS2/c1-2-7-9(11)8(12)5-6-3-4-13-10(6)7/h3-5,12H,2H2,1H3. The SMILES string of the molecule is CCc1c(Br)c(S)cc2ccsc12. The van der Waals surface area contributed by atoms with Crippen LogP contribution in [0.2, 0.25) is 0 Å². The molecule has 0 spiro atoms. The van der Waals surface area contributed by atoms with Crippen LogP contribution in [0.3, 0.4) is 0 Å². The Morgan fingerprint density at radius 3 is 3.00 bits per heavy atom. The number of hydrogen-bond acceptors (Lipinski definition) is 2. The Morgan fingerprint density at radius 2 is 2.31 bits per heavy atom. The molecule has 3 heteroatoms. The Morgan fingerprint density at radius 1 is 1.54 bits per heavy atom. The smallest absolute Gasteiger partial charge is 0.0386 e. The van der Waals surface area contributed by atoms with Crippen LogP contribution in [0.15, 0.2) is 26.9 Å². The second kappa shape index (κ2) is 3.64. The van der Waals surface area contributed by atoms with Gasteiger partial charge in [0.25, 0.3) is 0 Å². The number of thiol groups is 1. The van der Waals surface area contributed by atoms with Crippen molar-refractivity contribution in [1.82, 2.24) is 0 Å². The lowest BCUT2D eigenvalue weighted by molar-refractivity contribution is 1.13. The molecule has 0 unspecified atom stereocenters. The molecule has 2 aromatic rings. The van der Waals surface area contributed by atoms with Crippen molar-refractivity contribution >= 4 is 50.0 Å². The van der Waals surface area contributed by atoms with E-state index in [0.29, 0.717) is 0 Å². The fourth-order valence-corrected chi connectivity index (χ4v) is 3.46. The summed E-state index contributed by atoms with van der Waals surface area (Å²) in [5, 5.41) is 3.43. The minimum atomic E-state index is 1.03. The molecule has 0 aliphatic rings. The maximum atomic E-state index is 4.43. The molecule has 13 heavy (non-hydrogen) atoms. The van der Waals surface area contributed by atoms with Crippen LogP contribution in [0.25, 0.3) is 10.1 Å². The molecule has 1 heterocycles. The molecule has 0 atom stereocenters. The lowest BCUT2D eigenvalue weighted by Gasteiger charge is -2.05. The van der Waals surface area contributed by atoms with Gasteiger partial charge in [0.2, 0.25) is 0 Å². The van der Waals surface area contributed by atoms with E-state index in [2.05, 4.69) is 53.0 Å². The number of rotatable bonds is 1. The third kappa shape index (κ3) is 1.53. The van der Waals surface area contributed by atoms with Crippen molar-refractivity contribution in [2.75, 3.05) is 0 Å². The molecular weight excluding hydrogens is 264 g/mol. The van der Waals surface area contributed by atoms with Gasteiger partial charge in [0.05, 0.1) is 0 Å². The number of aryl methyl sites for hydroxylation is 1. The summed E-state index contributed by atoms with van der Waals surface area (Å²) in [6.45, 7) is 2.17. The predicted molar refractivity (Wildman–Crippen MR) is 66.2 cm³/mol. The van der Waals surface area contributed by atoms with E-state index >= 15 is 0 Å². The van der Waals surface area contributed by atoms with Gasteiger partial charge in [0.1, 0.15) is 0 Å². The van der Waals surface area contributed by atoms with Gasteiger partial charge in [-0.05, 0) is 50.8 Å². The highest BCUT2D eigenvalue weighted by atomic mass is 79.9. The molecule has 2 rings (SSSR count). The topological polar surface area (TPSA) is 0 Å². The molecule has 0 aliphatic carbocycles. The number of fused-ring (bicyclic) bond motifs is 1. The Kier molecular flexibility index (Phi) is 2.67. The van der Waals surface area contributed by atoms with Gasteiger partial charge in [0.15, 0.2) is 0 Å². The zero-order valence-corrected chi connectivity index (χ0v) is 10.5. The first-order chi connectivity index (χ1) is 6.24. The van der Waals surface area contributed by atoms with Crippen molar-refractivity contribution in [1.29, 1.82) is 0 Å². The van der Waals surface area contributed by atoms with Crippen molar-refractivity contribution in [3.8, 4) is 0 Å². The minimum Gasteiger partial charge on any atom is -0.143 e. The fourth-order valence-electron chi connectivity index (χ4n) is 1.46. The quantitative estimate of drug-likeness (QED) is 0.726. The molecule has 0 nitrogen and oxygen atoms in total. The van der Waals surface area contributed by atoms with E-state index in [9.17, 15) is 0 Å². The molecule has 0 N–H and O–H groups in total. The van der Waals surface area contributed by atoms with Crippen molar-refractivity contribution in [2.45, 2.75) is 18.2 Å². The Labute approximate surface area is 95.5 Å².